The molecule has 2 aliphatic heterocycles. The van der Waals surface area contributed by atoms with Crippen LogP contribution in [0.1, 0.15) is 132 Å². The van der Waals surface area contributed by atoms with Crippen molar-refractivity contribution in [3.05, 3.63) is 0 Å². The second-order valence-corrected chi connectivity index (χ2v) is 14.3. The number of carbonyl (C=O) groups is 2. The molecule has 0 unspecified atom stereocenters. The number of piperidine rings is 2. The lowest BCUT2D eigenvalue weighted by Gasteiger charge is -2.46. The van der Waals surface area contributed by atoms with E-state index >= 15 is 0 Å². The van der Waals surface area contributed by atoms with Gasteiger partial charge in [-0.25, -0.2) is 0 Å². The Kier molecular flexibility index (Phi) is 14.1. The monoisotopic (exact) mass is 562 g/mol. The second kappa shape index (κ2) is 15.2. The van der Waals surface area contributed by atoms with Crippen molar-refractivity contribution < 1.29 is 33.7 Å². The van der Waals surface area contributed by atoms with Crippen LogP contribution in [0.2, 0.25) is 0 Å². The maximum atomic E-state index is 12.3. The first kappa shape index (κ1) is 35.2. The SMILES string of the molecule is CC1(C)CC(OC(=O)CCCCCCCCC(=O)OC2CC(C)(C)NC(C)(C)C2)CC(C)(C)N1.OP(O)O. The first-order valence-electron chi connectivity index (χ1n) is 14.1. The molecule has 0 atom stereocenters. The highest BCUT2D eigenvalue weighted by atomic mass is 31.2. The van der Waals surface area contributed by atoms with Gasteiger partial charge in [-0.05, 0) is 68.2 Å². The van der Waals surface area contributed by atoms with Crippen LogP contribution in [-0.4, -0.2) is 61.0 Å². The summed E-state index contributed by atoms with van der Waals surface area (Å²) in [6.07, 6.45) is 10.4. The van der Waals surface area contributed by atoms with E-state index in [1.54, 1.807) is 0 Å². The third-order valence-electron chi connectivity index (χ3n) is 6.91. The molecule has 0 aliphatic carbocycles. The number of hydrogen-bond acceptors (Lipinski definition) is 9. The van der Waals surface area contributed by atoms with Crippen LogP contribution in [0.3, 0.4) is 0 Å². The molecule has 2 saturated heterocycles. The Morgan fingerprint density at radius 2 is 0.842 bits per heavy atom. The standard InChI is InChI=1S/C28H52N2O4.H3O3P/c1-25(2)17-21(18-26(3,4)29-25)33-23(31)15-13-11-9-10-12-14-16-24(32)34-22-19-27(5,6)30-28(7,8)20-22;1-4(2)3/h21-22,29-30H,9-20H2,1-8H3;1-3H. The predicted molar refractivity (Wildman–Crippen MR) is 151 cm³/mol. The molecule has 38 heavy (non-hydrogen) atoms. The molecule has 9 nitrogen and oxygen atoms in total. The summed E-state index contributed by atoms with van der Waals surface area (Å²) in [6, 6.07) is 0. The topological polar surface area (TPSA) is 137 Å². The Labute approximate surface area is 231 Å². The normalized spacial score (nSPS) is 22.3. The second-order valence-electron chi connectivity index (χ2n) is 13.7. The number of ether oxygens (including phenoxy) is 2. The van der Waals surface area contributed by atoms with E-state index in [4.69, 9.17) is 24.2 Å². The molecule has 0 aromatic heterocycles. The van der Waals surface area contributed by atoms with E-state index in [2.05, 4.69) is 66.0 Å². The third-order valence-corrected chi connectivity index (χ3v) is 6.91. The summed E-state index contributed by atoms with van der Waals surface area (Å²) in [5.74, 6) is -0.129. The highest BCUT2D eigenvalue weighted by molar-refractivity contribution is 7.38. The van der Waals surface area contributed by atoms with Gasteiger partial charge in [0, 0.05) is 60.7 Å². The Morgan fingerprint density at radius 1 is 0.605 bits per heavy atom. The molecule has 2 aliphatic rings. The molecule has 0 aromatic rings. The van der Waals surface area contributed by atoms with Crippen LogP contribution in [0.25, 0.3) is 0 Å². The molecule has 0 saturated carbocycles. The van der Waals surface area contributed by atoms with E-state index in [9.17, 15) is 9.59 Å². The molecule has 224 valence electrons. The van der Waals surface area contributed by atoms with Crippen LogP contribution in [0, 0.1) is 0 Å². The van der Waals surface area contributed by atoms with Crippen LogP contribution < -0.4 is 10.6 Å². The van der Waals surface area contributed by atoms with E-state index in [1.165, 1.54) is 0 Å². The van der Waals surface area contributed by atoms with Gasteiger partial charge in [0.2, 0.25) is 0 Å². The average molecular weight is 563 g/mol. The molecule has 0 aromatic carbocycles. The fourth-order valence-electron chi connectivity index (χ4n) is 6.36. The first-order valence-corrected chi connectivity index (χ1v) is 15.3. The van der Waals surface area contributed by atoms with Gasteiger partial charge in [-0.15, -0.1) is 0 Å². The van der Waals surface area contributed by atoms with Gasteiger partial charge in [0.25, 0.3) is 0 Å². The molecular weight excluding hydrogens is 507 g/mol. The molecule has 0 bridgehead atoms. The van der Waals surface area contributed by atoms with Crippen LogP contribution >= 0.6 is 8.60 Å². The zero-order valence-electron chi connectivity index (χ0n) is 25.1. The molecule has 0 radical (unpaired) electrons. The number of nitrogens with one attached hydrogen (secondary N) is 2. The lowest BCUT2D eigenvalue weighted by molar-refractivity contribution is -0.154. The van der Waals surface area contributed by atoms with Gasteiger partial charge in [0.05, 0.1) is 0 Å². The predicted octanol–water partition coefficient (Wildman–Crippen LogP) is 5.00. The summed E-state index contributed by atoms with van der Waals surface area (Å²) in [7, 11) is -2.62. The van der Waals surface area contributed by atoms with Gasteiger partial charge < -0.3 is 34.8 Å². The van der Waals surface area contributed by atoms with Crippen LogP contribution in [0.5, 0.6) is 0 Å². The molecule has 5 N–H and O–H groups in total. The van der Waals surface area contributed by atoms with E-state index in [0.717, 1.165) is 64.2 Å². The van der Waals surface area contributed by atoms with Crippen molar-refractivity contribution in [2.45, 2.75) is 167 Å². The van der Waals surface area contributed by atoms with Gasteiger partial charge in [-0.3, -0.25) is 9.59 Å². The highest BCUT2D eigenvalue weighted by Crippen LogP contribution is 2.31. The Balaban J connectivity index is 0.00000168. The molecule has 2 fully saturated rings. The third kappa shape index (κ3) is 16.3. The van der Waals surface area contributed by atoms with Gasteiger partial charge in [0.15, 0.2) is 0 Å². The van der Waals surface area contributed by atoms with Crippen molar-refractivity contribution in [3.8, 4) is 0 Å². The summed E-state index contributed by atoms with van der Waals surface area (Å²) in [6.45, 7) is 17.4. The lowest BCUT2D eigenvalue weighted by Crippen LogP contribution is -2.59. The van der Waals surface area contributed by atoms with Crippen molar-refractivity contribution in [1.82, 2.24) is 10.6 Å². The quantitative estimate of drug-likeness (QED) is 0.134. The lowest BCUT2D eigenvalue weighted by atomic mass is 9.81. The molecule has 0 spiro atoms. The average Bonchev–Trinajstić information content (AvgIpc) is 2.64. The highest BCUT2D eigenvalue weighted by Gasteiger charge is 2.40. The van der Waals surface area contributed by atoms with Crippen molar-refractivity contribution in [3.63, 3.8) is 0 Å². The Morgan fingerprint density at radius 3 is 1.11 bits per heavy atom. The summed E-state index contributed by atoms with van der Waals surface area (Å²) in [5, 5.41) is 7.25. The fourth-order valence-corrected chi connectivity index (χ4v) is 6.36. The summed E-state index contributed by atoms with van der Waals surface area (Å²) in [4.78, 5) is 46.3. The van der Waals surface area contributed by atoms with Crippen molar-refractivity contribution in [2.75, 3.05) is 0 Å². The summed E-state index contributed by atoms with van der Waals surface area (Å²) in [5.41, 5.74) is -0.0559. The summed E-state index contributed by atoms with van der Waals surface area (Å²) < 4.78 is 11.6. The number of rotatable bonds is 11. The van der Waals surface area contributed by atoms with Crippen molar-refractivity contribution >= 4 is 20.5 Å². The molecule has 0 amide bonds. The number of hydrogen-bond donors (Lipinski definition) is 5. The summed E-state index contributed by atoms with van der Waals surface area (Å²) >= 11 is 0. The van der Waals surface area contributed by atoms with Crippen LogP contribution in [0.15, 0.2) is 0 Å². The molecule has 10 heteroatoms. The number of unbranched alkanes of at least 4 members (excludes halogenated alkanes) is 5. The minimum absolute atomic E-state index is 0.000484. The zero-order chi connectivity index (χ0) is 29.2. The zero-order valence-corrected chi connectivity index (χ0v) is 26.0. The van der Waals surface area contributed by atoms with E-state index < -0.39 is 8.60 Å². The van der Waals surface area contributed by atoms with Crippen LogP contribution in [0.4, 0.5) is 0 Å². The van der Waals surface area contributed by atoms with Crippen molar-refractivity contribution in [2.24, 2.45) is 0 Å². The maximum Gasteiger partial charge on any atom is 0.324 e. The minimum atomic E-state index is -2.62. The van der Waals surface area contributed by atoms with Gasteiger partial charge in [0.1, 0.15) is 12.2 Å². The smallest absolute Gasteiger partial charge is 0.324 e. The first-order chi connectivity index (χ1) is 17.3. The van der Waals surface area contributed by atoms with Crippen molar-refractivity contribution in [1.29, 1.82) is 0 Å². The largest absolute Gasteiger partial charge is 0.462 e. The van der Waals surface area contributed by atoms with E-state index in [-0.39, 0.29) is 46.3 Å². The van der Waals surface area contributed by atoms with Gasteiger partial charge >= 0.3 is 20.5 Å². The maximum absolute atomic E-state index is 12.3. The Bertz CT molecular complexity index is 648. The number of carbonyl (C=O) groups excluding carboxylic acids is 2. The van der Waals surface area contributed by atoms with Crippen LogP contribution in [-0.2, 0) is 19.1 Å². The van der Waals surface area contributed by atoms with E-state index in [1.807, 2.05) is 0 Å². The van der Waals surface area contributed by atoms with E-state index in [0.29, 0.717) is 12.8 Å². The Hall–Kier alpha value is -0.830. The van der Waals surface area contributed by atoms with Gasteiger partial charge in [-0.1, -0.05) is 25.7 Å². The molecular formula is C28H55N2O7P. The van der Waals surface area contributed by atoms with Gasteiger partial charge in [-0.2, -0.15) is 0 Å². The fraction of sp³-hybridized carbons (Fsp3) is 0.929. The molecule has 2 heterocycles. The minimum Gasteiger partial charge on any atom is -0.462 e. The molecule has 2 rings (SSSR count). The number of esters is 2.